The van der Waals surface area contributed by atoms with Gasteiger partial charge in [-0.25, -0.2) is 14.8 Å². The van der Waals surface area contributed by atoms with Crippen molar-refractivity contribution < 1.29 is 14.3 Å². The molecule has 3 heterocycles. The van der Waals surface area contributed by atoms with E-state index < -0.39 is 5.60 Å². The molecule has 1 aliphatic carbocycles. The zero-order chi connectivity index (χ0) is 24.0. The van der Waals surface area contributed by atoms with E-state index in [-0.39, 0.29) is 42.3 Å². The number of carbonyl (C=O) groups excluding carboxylic acids is 2. The molecule has 3 aliphatic rings. The Labute approximate surface area is 195 Å². The van der Waals surface area contributed by atoms with Crippen molar-refractivity contribution in [3.63, 3.8) is 0 Å². The van der Waals surface area contributed by atoms with Gasteiger partial charge >= 0.3 is 6.09 Å². The normalized spacial score (nSPS) is 23.7. The number of amides is 2. The standard InChI is InChI=1S/C24H34N6O3/c1-16-13-29(22(32)33-23(3,4)5)17(2)12-28(16)20-19-21(27-15-26-20)30(18(31)8-6-11-25)14-24(19)9-7-10-24/h15-17H,6-10,12-14H2,1-5H3/t16-,17+/m0/s1. The molecule has 33 heavy (non-hydrogen) atoms. The first-order chi connectivity index (χ1) is 15.6. The molecule has 9 nitrogen and oxygen atoms in total. The average molecular weight is 455 g/mol. The van der Waals surface area contributed by atoms with Crippen LogP contribution in [0.15, 0.2) is 6.33 Å². The van der Waals surface area contributed by atoms with E-state index >= 15 is 0 Å². The molecule has 0 radical (unpaired) electrons. The Bertz CT molecular complexity index is 977. The quantitative estimate of drug-likeness (QED) is 0.690. The Morgan fingerprint density at radius 1 is 1.18 bits per heavy atom. The SMILES string of the molecule is C[C@@H]1CN(c2ncnc3c2C2(CCC2)CN3C(=O)CCC#N)[C@@H](C)CN1C(=O)OC(C)(C)C. The first-order valence-corrected chi connectivity index (χ1v) is 11.9. The lowest BCUT2D eigenvalue weighted by Gasteiger charge is -2.46. The first-order valence-electron chi connectivity index (χ1n) is 11.9. The van der Waals surface area contributed by atoms with Crippen molar-refractivity contribution in [2.75, 3.05) is 29.4 Å². The van der Waals surface area contributed by atoms with E-state index in [1.165, 1.54) is 6.33 Å². The Balaban J connectivity index is 1.62. The fourth-order valence-electron chi connectivity index (χ4n) is 5.23. The minimum atomic E-state index is -0.539. The molecule has 4 rings (SSSR count). The van der Waals surface area contributed by atoms with Gasteiger partial charge in [0.15, 0.2) is 0 Å². The zero-order valence-corrected chi connectivity index (χ0v) is 20.3. The predicted octanol–water partition coefficient (Wildman–Crippen LogP) is 3.38. The van der Waals surface area contributed by atoms with Gasteiger partial charge in [-0.15, -0.1) is 0 Å². The third-order valence-electron chi connectivity index (χ3n) is 7.00. The van der Waals surface area contributed by atoms with E-state index in [1.807, 2.05) is 27.7 Å². The van der Waals surface area contributed by atoms with Crippen LogP contribution in [0, 0.1) is 11.3 Å². The number of nitriles is 1. The van der Waals surface area contributed by atoms with Gasteiger partial charge in [0.05, 0.1) is 6.07 Å². The lowest BCUT2D eigenvalue weighted by molar-refractivity contribution is -0.118. The van der Waals surface area contributed by atoms with Gasteiger partial charge in [0.25, 0.3) is 0 Å². The molecule has 0 aromatic carbocycles. The number of rotatable bonds is 3. The second kappa shape index (κ2) is 8.47. The van der Waals surface area contributed by atoms with E-state index in [9.17, 15) is 9.59 Å². The number of hydrogen-bond donors (Lipinski definition) is 0. The van der Waals surface area contributed by atoms with Gasteiger partial charge in [0.1, 0.15) is 23.6 Å². The molecule has 9 heteroatoms. The van der Waals surface area contributed by atoms with Gasteiger partial charge < -0.3 is 14.5 Å². The van der Waals surface area contributed by atoms with Crippen LogP contribution < -0.4 is 9.80 Å². The van der Waals surface area contributed by atoms with E-state index in [0.29, 0.717) is 25.5 Å². The summed E-state index contributed by atoms with van der Waals surface area (Å²) in [6.07, 6.45) is 4.78. The van der Waals surface area contributed by atoms with Gasteiger partial charge in [-0.3, -0.25) is 9.69 Å². The second-order valence-electron chi connectivity index (χ2n) is 10.7. The molecule has 2 atom stereocenters. The predicted molar refractivity (Wildman–Crippen MR) is 124 cm³/mol. The van der Waals surface area contributed by atoms with Crippen LogP contribution >= 0.6 is 0 Å². The summed E-state index contributed by atoms with van der Waals surface area (Å²) >= 11 is 0. The molecule has 0 N–H and O–H groups in total. The van der Waals surface area contributed by atoms with Crippen LogP contribution in [-0.2, 0) is 14.9 Å². The van der Waals surface area contributed by atoms with Crippen molar-refractivity contribution in [1.29, 1.82) is 5.26 Å². The lowest BCUT2D eigenvalue weighted by Crippen LogP contribution is -2.59. The molecule has 1 saturated heterocycles. The van der Waals surface area contributed by atoms with Crippen LogP contribution in [0.4, 0.5) is 16.4 Å². The number of hydrogen-bond acceptors (Lipinski definition) is 7. The number of nitrogens with zero attached hydrogens (tertiary/aromatic N) is 6. The number of ether oxygens (including phenoxy) is 1. The van der Waals surface area contributed by atoms with Crippen LogP contribution in [0.25, 0.3) is 0 Å². The molecule has 0 bridgehead atoms. The molecule has 1 spiro atoms. The van der Waals surface area contributed by atoms with Gasteiger partial charge in [-0.2, -0.15) is 5.26 Å². The van der Waals surface area contributed by atoms with Crippen molar-refractivity contribution in [2.24, 2.45) is 0 Å². The zero-order valence-electron chi connectivity index (χ0n) is 20.3. The van der Waals surface area contributed by atoms with Gasteiger partial charge in [-0.05, 0) is 47.5 Å². The average Bonchev–Trinajstić information content (AvgIpc) is 3.08. The summed E-state index contributed by atoms with van der Waals surface area (Å²) in [5, 5.41) is 8.91. The van der Waals surface area contributed by atoms with Gasteiger partial charge in [-0.1, -0.05) is 6.42 Å². The van der Waals surface area contributed by atoms with Crippen LogP contribution in [0.5, 0.6) is 0 Å². The summed E-state index contributed by atoms with van der Waals surface area (Å²) in [6, 6.07) is 2.05. The monoisotopic (exact) mass is 454 g/mol. The third kappa shape index (κ3) is 4.23. The number of carbonyl (C=O) groups is 2. The topological polar surface area (TPSA) is 103 Å². The minimum Gasteiger partial charge on any atom is -0.444 e. The smallest absolute Gasteiger partial charge is 0.410 e. The number of piperazine rings is 1. The molecular weight excluding hydrogens is 420 g/mol. The Hall–Kier alpha value is -2.89. The van der Waals surface area contributed by atoms with Crippen molar-refractivity contribution in [3.05, 3.63) is 11.9 Å². The summed E-state index contributed by atoms with van der Waals surface area (Å²) in [5.74, 6) is 1.51. The maximum Gasteiger partial charge on any atom is 0.410 e. The summed E-state index contributed by atoms with van der Waals surface area (Å²) < 4.78 is 5.62. The summed E-state index contributed by atoms with van der Waals surface area (Å²) in [7, 11) is 0. The molecule has 1 aromatic rings. The van der Waals surface area contributed by atoms with Crippen molar-refractivity contribution >= 4 is 23.6 Å². The molecule has 1 saturated carbocycles. The summed E-state index contributed by atoms with van der Waals surface area (Å²) in [5.41, 5.74) is 0.411. The van der Waals surface area contributed by atoms with Crippen molar-refractivity contribution in [2.45, 2.75) is 89.8 Å². The fraction of sp³-hybridized carbons (Fsp3) is 0.708. The highest BCUT2D eigenvalue weighted by Gasteiger charge is 2.52. The molecule has 2 aliphatic heterocycles. The Morgan fingerprint density at radius 3 is 2.48 bits per heavy atom. The summed E-state index contributed by atoms with van der Waals surface area (Å²) in [6.45, 7) is 11.5. The molecular formula is C24H34N6O3. The van der Waals surface area contributed by atoms with Crippen LogP contribution in [0.2, 0.25) is 0 Å². The third-order valence-corrected chi connectivity index (χ3v) is 7.00. The van der Waals surface area contributed by atoms with E-state index in [2.05, 4.69) is 22.9 Å². The molecule has 0 unspecified atom stereocenters. The van der Waals surface area contributed by atoms with Crippen molar-refractivity contribution in [1.82, 2.24) is 14.9 Å². The van der Waals surface area contributed by atoms with Crippen LogP contribution in [0.3, 0.4) is 0 Å². The van der Waals surface area contributed by atoms with Gasteiger partial charge in [0, 0.05) is 55.5 Å². The van der Waals surface area contributed by atoms with E-state index in [1.54, 1.807) is 9.80 Å². The van der Waals surface area contributed by atoms with Crippen LogP contribution in [-0.4, -0.2) is 64.2 Å². The molecule has 2 fully saturated rings. The highest BCUT2D eigenvalue weighted by molar-refractivity contribution is 5.96. The Kier molecular flexibility index (Phi) is 5.97. The number of fused-ring (bicyclic) bond motifs is 2. The number of aromatic nitrogens is 2. The maximum absolute atomic E-state index is 12.9. The molecule has 178 valence electrons. The van der Waals surface area contributed by atoms with Gasteiger partial charge in [0.2, 0.25) is 5.91 Å². The summed E-state index contributed by atoms with van der Waals surface area (Å²) in [4.78, 5) is 40.7. The lowest BCUT2D eigenvalue weighted by atomic mass is 9.66. The first kappa shape index (κ1) is 23.3. The number of anilines is 2. The highest BCUT2D eigenvalue weighted by Crippen LogP contribution is 2.55. The van der Waals surface area contributed by atoms with Crippen LogP contribution in [0.1, 0.15) is 72.3 Å². The largest absolute Gasteiger partial charge is 0.444 e. The Morgan fingerprint density at radius 2 is 1.88 bits per heavy atom. The molecule has 1 aromatic heterocycles. The van der Waals surface area contributed by atoms with E-state index in [0.717, 1.165) is 30.6 Å². The fourth-order valence-corrected chi connectivity index (χ4v) is 5.23. The van der Waals surface area contributed by atoms with E-state index in [4.69, 9.17) is 15.0 Å². The highest BCUT2D eigenvalue weighted by atomic mass is 16.6. The minimum absolute atomic E-state index is 0.0354. The van der Waals surface area contributed by atoms with Crippen molar-refractivity contribution in [3.8, 4) is 6.07 Å². The molecule has 2 amide bonds. The maximum atomic E-state index is 12.9. The second-order valence-corrected chi connectivity index (χ2v) is 10.7.